The quantitative estimate of drug-likeness (QED) is 0.297. The molecular weight excluding hydrogens is 424 g/mol. The maximum Gasteiger partial charge on any atom is 0.762 e. The molecule has 0 aromatic heterocycles. The standard InChI is InChI=1S/C28H24N4O2/c1-19-14-15-26-24(17-19)29-31(22-10-6-4-7-11-22)28(33-26)32(23-12-8-5-9-13-23)30-25-18-20(2)16-21(3)27(25)34-28/h4-18H,1-3H3/q+2/t28-/m0/s1. The third-order valence-electron chi connectivity index (χ3n) is 5.94. The summed E-state index contributed by atoms with van der Waals surface area (Å²) < 4.78 is 17.1. The summed E-state index contributed by atoms with van der Waals surface area (Å²) in [5.74, 6) is 1.30. The molecule has 0 N–H and O–H groups in total. The van der Waals surface area contributed by atoms with Crippen LogP contribution in [0.3, 0.4) is 0 Å². The summed E-state index contributed by atoms with van der Waals surface area (Å²) in [4.78, 5) is 0. The number of aryl methyl sites for hydroxylation is 3. The predicted octanol–water partition coefficient (Wildman–Crippen LogP) is 7.56. The average molecular weight is 449 g/mol. The minimum Gasteiger partial charge on any atom is -0.334 e. The number of ether oxygens (including phenoxy) is 2. The molecule has 166 valence electrons. The molecule has 2 aliphatic heterocycles. The van der Waals surface area contributed by atoms with Crippen molar-refractivity contribution in [3.63, 3.8) is 0 Å². The van der Waals surface area contributed by atoms with E-state index in [4.69, 9.17) is 19.7 Å². The zero-order valence-electron chi connectivity index (χ0n) is 19.3. The maximum atomic E-state index is 6.81. The first kappa shape index (κ1) is 20.3. The Morgan fingerprint density at radius 3 is 1.85 bits per heavy atom. The van der Waals surface area contributed by atoms with Crippen LogP contribution in [0, 0.1) is 20.8 Å². The van der Waals surface area contributed by atoms with E-state index in [0.717, 1.165) is 39.4 Å². The predicted molar refractivity (Wildman–Crippen MR) is 128 cm³/mol. The number of azo groups is 4. The van der Waals surface area contributed by atoms with Gasteiger partial charge in [-0.15, -0.1) is 0 Å². The molecule has 1 atom stereocenters. The van der Waals surface area contributed by atoms with Crippen LogP contribution in [-0.4, -0.2) is 15.4 Å². The van der Waals surface area contributed by atoms with Gasteiger partial charge in [-0.1, -0.05) is 48.5 Å². The lowest BCUT2D eigenvalue weighted by Gasteiger charge is -2.28. The van der Waals surface area contributed by atoms with Gasteiger partial charge in [-0.3, -0.25) is 0 Å². The lowest BCUT2D eigenvalue weighted by molar-refractivity contribution is -0.902. The van der Waals surface area contributed by atoms with Gasteiger partial charge >= 0.3 is 6.03 Å². The summed E-state index contributed by atoms with van der Waals surface area (Å²) >= 11 is 0. The average Bonchev–Trinajstić information content (AvgIpc) is 2.85. The van der Waals surface area contributed by atoms with Gasteiger partial charge in [0.25, 0.3) is 0 Å². The SMILES string of the molecule is Cc1ccc2c(c1)N=[N+](c1ccccc1)[C@]1(O2)Oc2c(C)cc(C)cc2N=[N+]1c1ccccc1. The second-order valence-corrected chi connectivity index (χ2v) is 8.65. The van der Waals surface area contributed by atoms with Crippen molar-refractivity contribution in [1.29, 1.82) is 0 Å². The molecule has 0 saturated heterocycles. The van der Waals surface area contributed by atoms with Gasteiger partial charge in [0.1, 0.15) is 0 Å². The van der Waals surface area contributed by atoms with Gasteiger partial charge in [-0.05, 0) is 55.7 Å². The molecule has 1 spiro atoms. The Bertz CT molecular complexity index is 1480. The smallest absolute Gasteiger partial charge is 0.334 e. The topological polar surface area (TPSA) is 49.2 Å². The molecule has 4 aromatic rings. The van der Waals surface area contributed by atoms with Gasteiger partial charge in [0.05, 0.1) is 9.39 Å². The first-order valence-corrected chi connectivity index (χ1v) is 11.3. The number of para-hydroxylation sites is 2. The molecule has 6 nitrogen and oxygen atoms in total. The van der Waals surface area contributed by atoms with Crippen molar-refractivity contribution < 1.29 is 18.9 Å². The number of nitrogens with zero attached hydrogens (tertiary/aromatic N) is 4. The van der Waals surface area contributed by atoms with Crippen molar-refractivity contribution >= 4 is 22.7 Å². The molecule has 6 rings (SSSR count). The highest BCUT2D eigenvalue weighted by molar-refractivity contribution is 5.58. The van der Waals surface area contributed by atoms with E-state index in [1.807, 2.05) is 98.8 Å². The van der Waals surface area contributed by atoms with Crippen LogP contribution < -0.4 is 9.47 Å². The highest BCUT2D eigenvalue weighted by atomic mass is 16.8. The van der Waals surface area contributed by atoms with Gasteiger partial charge < -0.3 is 9.47 Å². The minimum absolute atomic E-state index is 0.627. The molecule has 2 aliphatic rings. The molecule has 0 bridgehead atoms. The monoisotopic (exact) mass is 448 g/mol. The fraction of sp³-hybridized carbons (Fsp3) is 0.143. The van der Waals surface area contributed by atoms with Crippen molar-refractivity contribution in [3.8, 4) is 11.5 Å². The van der Waals surface area contributed by atoms with E-state index >= 15 is 0 Å². The Balaban J connectivity index is 1.68. The van der Waals surface area contributed by atoms with Crippen LogP contribution in [0.15, 0.2) is 101 Å². The van der Waals surface area contributed by atoms with Crippen molar-refractivity contribution in [3.05, 3.63) is 108 Å². The van der Waals surface area contributed by atoms with Crippen LogP contribution in [0.2, 0.25) is 0 Å². The fourth-order valence-corrected chi connectivity index (χ4v) is 4.41. The first-order chi connectivity index (χ1) is 16.5. The van der Waals surface area contributed by atoms with Crippen LogP contribution in [0.5, 0.6) is 11.5 Å². The maximum absolute atomic E-state index is 6.81. The summed E-state index contributed by atoms with van der Waals surface area (Å²) in [5, 5.41) is 10.1. The molecule has 0 fully saturated rings. The number of rotatable bonds is 2. The molecule has 4 aromatic carbocycles. The largest absolute Gasteiger partial charge is 0.762 e. The Hall–Kier alpha value is -4.32. The Kier molecular flexibility index (Phi) is 4.55. The first-order valence-electron chi connectivity index (χ1n) is 11.3. The highest BCUT2D eigenvalue weighted by Gasteiger charge is 2.71. The summed E-state index contributed by atoms with van der Waals surface area (Å²) in [6, 6.07) is 28.3. The zero-order valence-corrected chi connectivity index (χ0v) is 19.3. The van der Waals surface area contributed by atoms with E-state index in [-0.39, 0.29) is 0 Å². The second-order valence-electron chi connectivity index (χ2n) is 8.65. The van der Waals surface area contributed by atoms with Gasteiger partial charge in [0.2, 0.25) is 11.4 Å². The van der Waals surface area contributed by atoms with E-state index in [0.29, 0.717) is 11.5 Å². The molecule has 2 heterocycles. The van der Waals surface area contributed by atoms with Crippen LogP contribution in [-0.2, 0) is 0 Å². The van der Waals surface area contributed by atoms with E-state index < -0.39 is 6.03 Å². The van der Waals surface area contributed by atoms with Crippen LogP contribution in [0.4, 0.5) is 22.7 Å². The Morgan fingerprint density at radius 2 is 1.21 bits per heavy atom. The molecule has 0 saturated carbocycles. The van der Waals surface area contributed by atoms with E-state index in [1.54, 1.807) is 9.39 Å². The lowest BCUT2D eigenvalue weighted by Crippen LogP contribution is -2.59. The van der Waals surface area contributed by atoms with Gasteiger partial charge in [-0.25, -0.2) is 0 Å². The summed E-state index contributed by atoms with van der Waals surface area (Å²) in [6.07, 6.45) is 0. The van der Waals surface area contributed by atoms with Gasteiger partial charge in [0.15, 0.2) is 22.9 Å². The van der Waals surface area contributed by atoms with Crippen molar-refractivity contribution in [2.45, 2.75) is 26.8 Å². The van der Waals surface area contributed by atoms with Crippen molar-refractivity contribution in [1.82, 2.24) is 0 Å². The molecule has 0 radical (unpaired) electrons. The Labute approximate surface area is 198 Å². The van der Waals surface area contributed by atoms with Crippen LogP contribution in [0.25, 0.3) is 0 Å². The number of fused-ring (bicyclic) bond motifs is 2. The summed E-state index contributed by atoms with van der Waals surface area (Å²) in [7, 11) is 0. The Morgan fingerprint density at radius 1 is 0.618 bits per heavy atom. The van der Waals surface area contributed by atoms with Crippen LogP contribution in [0.1, 0.15) is 16.7 Å². The molecule has 0 unspecified atom stereocenters. The van der Waals surface area contributed by atoms with Crippen molar-refractivity contribution in [2.24, 2.45) is 10.2 Å². The van der Waals surface area contributed by atoms with Crippen molar-refractivity contribution in [2.75, 3.05) is 0 Å². The summed E-state index contributed by atoms with van der Waals surface area (Å²) in [5.41, 5.74) is 6.31. The molecule has 0 amide bonds. The molecule has 0 aliphatic carbocycles. The third-order valence-corrected chi connectivity index (χ3v) is 5.94. The second kappa shape index (κ2) is 7.63. The number of hydrogen-bond acceptors (Lipinski definition) is 4. The van der Waals surface area contributed by atoms with E-state index in [2.05, 4.69) is 13.0 Å². The van der Waals surface area contributed by atoms with Crippen LogP contribution >= 0.6 is 0 Å². The number of hydrogen-bond donors (Lipinski definition) is 0. The molecular formula is C28H24N4O2+2. The molecule has 34 heavy (non-hydrogen) atoms. The lowest BCUT2D eigenvalue weighted by atomic mass is 10.1. The summed E-state index contributed by atoms with van der Waals surface area (Å²) in [6.45, 7) is 6.12. The molecule has 6 heteroatoms. The van der Waals surface area contributed by atoms with E-state index in [1.165, 1.54) is 0 Å². The minimum atomic E-state index is -1.50. The zero-order chi connectivity index (χ0) is 23.3. The van der Waals surface area contributed by atoms with Gasteiger partial charge in [-0.2, -0.15) is 0 Å². The number of benzene rings is 4. The normalized spacial score (nSPS) is 18.2. The fourth-order valence-electron chi connectivity index (χ4n) is 4.41. The third kappa shape index (κ3) is 3.18. The van der Waals surface area contributed by atoms with Gasteiger partial charge in [0, 0.05) is 34.5 Å². The van der Waals surface area contributed by atoms with E-state index in [9.17, 15) is 0 Å². The highest BCUT2D eigenvalue weighted by Crippen LogP contribution is 2.48.